The number of piperidine rings is 1. The van der Waals surface area contributed by atoms with Crippen LogP contribution >= 0.6 is 0 Å². The van der Waals surface area contributed by atoms with Crippen LogP contribution in [-0.2, 0) is 24.2 Å². The number of aryl methyl sites for hydroxylation is 3. The number of hydrogen-bond donors (Lipinski definition) is 0. The van der Waals surface area contributed by atoms with E-state index in [0.717, 1.165) is 43.4 Å². The Balaban J connectivity index is 1.46. The lowest BCUT2D eigenvalue weighted by Gasteiger charge is -2.30. The Kier molecular flexibility index (Phi) is 5.94. The smallest absolute Gasteiger partial charge is 0.262 e. The van der Waals surface area contributed by atoms with E-state index < -0.39 is 0 Å². The minimum atomic E-state index is -0.0634. The maximum atomic E-state index is 13.3. The average Bonchev–Trinajstić information content (AvgIpc) is 3.27. The number of aromatic nitrogens is 4. The van der Waals surface area contributed by atoms with Crippen LogP contribution in [-0.4, -0.2) is 43.1 Å². The first-order valence-electron chi connectivity index (χ1n) is 11.8. The van der Waals surface area contributed by atoms with Gasteiger partial charge in [-0.2, -0.15) is 0 Å². The molecule has 7 nitrogen and oxygen atoms in total. The highest BCUT2D eigenvalue weighted by Crippen LogP contribution is 2.19. The van der Waals surface area contributed by atoms with E-state index in [1.54, 1.807) is 4.57 Å². The molecular formula is C26H29N5O2. The van der Waals surface area contributed by atoms with Crippen molar-refractivity contribution in [1.82, 2.24) is 24.1 Å². The van der Waals surface area contributed by atoms with Gasteiger partial charge in [0.15, 0.2) is 0 Å². The largest absolute Gasteiger partial charge is 0.343 e. The predicted molar refractivity (Wildman–Crippen MR) is 128 cm³/mol. The maximum absolute atomic E-state index is 13.3. The molecule has 1 amide bonds. The third kappa shape index (κ3) is 4.27. The summed E-state index contributed by atoms with van der Waals surface area (Å²) in [5.41, 5.74) is 1.89. The van der Waals surface area contributed by atoms with Crippen molar-refractivity contribution in [2.75, 3.05) is 13.1 Å². The van der Waals surface area contributed by atoms with Gasteiger partial charge in [0.1, 0.15) is 5.82 Å². The lowest BCUT2D eigenvalue weighted by atomic mass is 9.99. The van der Waals surface area contributed by atoms with Crippen molar-refractivity contribution in [3.05, 3.63) is 76.3 Å². The molecule has 0 bridgehead atoms. The summed E-state index contributed by atoms with van der Waals surface area (Å²) in [6.45, 7) is 4.43. The van der Waals surface area contributed by atoms with Crippen molar-refractivity contribution in [1.29, 1.82) is 0 Å². The lowest BCUT2D eigenvalue weighted by molar-refractivity contribution is -0.132. The Hall–Kier alpha value is -3.48. The van der Waals surface area contributed by atoms with Crippen LogP contribution in [0, 0.1) is 5.92 Å². The Bertz CT molecular complexity index is 1330. The molecule has 0 unspecified atom stereocenters. The molecule has 0 saturated carbocycles. The van der Waals surface area contributed by atoms with Gasteiger partial charge in [0.25, 0.3) is 5.56 Å². The predicted octanol–water partition coefficient (Wildman–Crippen LogP) is 3.48. The molecule has 5 rings (SSSR count). The first-order valence-corrected chi connectivity index (χ1v) is 11.8. The van der Waals surface area contributed by atoms with Gasteiger partial charge in [-0.15, -0.1) is 10.2 Å². The molecule has 1 aliphatic rings. The van der Waals surface area contributed by atoms with Crippen molar-refractivity contribution >= 4 is 22.6 Å². The Morgan fingerprint density at radius 2 is 1.70 bits per heavy atom. The van der Waals surface area contributed by atoms with Gasteiger partial charge in [-0.3, -0.25) is 18.6 Å². The van der Waals surface area contributed by atoms with Crippen LogP contribution in [0.5, 0.6) is 0 Å². The van der Waals surface area contributed by atoms with Gasteiger partial charge in [-0.1, -0.05) is 49.4 Å². The van der Waals surface area contributed by atoms with E-state index in [2.05, 4.69) is 29.3 Å². The maximum Gasteiger partial charge on any atom is 0.262 e. The molecule has 1 saturated heterocycles. The van der Waals surface area contributed by atoms with E-state index in [4.69, 9.17) is 0 Å². The number of amides is 1. The number of likely N-dealkylation sites (tertiary alicyclic amines) is 1. The molecule has 0 spiro atoms. The Morgan fingerprint density at radius 3 is 2.48 bits per heavy atom. The Morgan fingerprint density at radius 1 is 0.970 bits per heavy atom. The zero-order chi connectivity index (χ0) is 22.8. The summed E-state index contributed by atoms with van der Waals surface area (Å²) in [7, 11) is 0. The molecule has 0 N–H and O–H groups in total. The highest BCUT2D eigenvalue weighted by molar-refractivity contribution is 5.80. The molecule has 2 aromatic carbocycles. The normalized spacial score (nSPS) is 14.9. The number of hydrogen-bond acceptors (Lipinski definition) is 4. The fourth-order valence-electron chi connectivity index (χ4n) is 4.70. The van der Waals surface area contributed by atoms with Crippen LogP contribution in [0.4, 0.5) is 0 Å². The topological polar surface area (TPSA) is 72.5 Å². The fraction of sp³-hybridized carbons (Fsp3) is 0.385. The van der Waals surface area contributed by atoms with Crippen LogP contribution in [0.3, 0.4) is 0 Å². The second-order valence-electron chi connectivity index (χ2n) is 9.02. The molecule has 4 aromatic rings. The average molecular weight is 444 g/mol. The minimum absolute atomic E-state index is 0.0634. The molecule has 170 valence electrons. The molecule has 2 aromatic heterocycles. The van der Waals surface area contributed by atoms with Crippen molar-refractivity contribution in [3.8, 4) is 0 Å². The molecule has 1 aliphatic heterocycles. The van der Waals surface area contributed by atoms with Crippen molar-refractivity contribution < 1.29 is 4.79 Å². The summed E-state index contributed by atoms with van der Waals surface area (Å²) >= 11 is 0. The molecule has 7 heteroatoms. The second-order valence-corrected chi connectivity index (χ2v) is 9.02. The van der Waals surface area contributed by atoms with E-state index in [1.165, 1.54) is 0 Å². The molecule has 1 fully saturated rings. The van der Waals surface area contributed by atoms with E-state index in [9.17, 15) is 9.59 Å². The summed E-state index contributed by atoms with van der Waals surface area (Å²) in [4.78, 5) is 28.1. The van der Waals surface area contributed by atoms with Gasteiger partial charge in [0, 0.05) is 32.5 Å². The van der Waals surface area contributed by atoms with Gasteiger partial charge in [0.2, 0.25) is 11.7 Å². The monoisotopic (exact) mass is 443 g/mol. The first kappa shape index (κ1) is 21.4. The standard InChI is InChI=1S/C26H29N5O2/c1-19-13-16-29(17-14-19)24(32)12-11-23-27-28-26-30(18-15-20-7-3-2-4-8-20)25(33)21-9-5-6-10-22(21)31(23)26/h2-10,19H,11-18H2,1H3. The second kappa shape index (κ2) is 9.17. The zero-order valence-corrected chi connectivity index (χ0v) is 19.0. The molecule has 0 atom stereocenters. The molecule has 0 radical (unpaired) electrons. The van der Waals surface area contributed by atoms with E-state index >= 15 is 0 Å². The number of rotatable bonds is 6. The zero-order valence-electron chi connectivity index (χ0n) is 19.0. The SMILES string of the molecule is CC1CCN(C(=O)CCc2nnc3n(CCc4ccccc4)c(=O)c4ccccc4n23)CC1. The highest BCUT2D eigenvalue weighted by atomic mass is 16.2. The van der Waals surface area contributed by atoms with Gasteiger partial charge < -0.3 is 4.90 Å². The van der Waals surface area contributed by atoms with Gasteiger partial charge >= 0.3 is 0 Å². The number of fused-ring (bicyclic) bond motifs is 3. The van der Waals surface area contributed by atoms with Gasteiger partial charge in [0.05, 0.1) is 10.9 Å². The summed E-state index contributed by atoms with van der Waals surface area (Å²) in [6.07, 6.45) is 3.75. The fourth-order valence-corrected chi connectivity index (χ4v) is 4.70. The summed E-state index contributed by atoms with van der Waals surface area (Å²) in [5.74, 6) is 2.10. The van der Waals surface area contributed by atoms with Crippen LogP contribution < -0.4 is 5.56 Å². The third-order valence-corrected chi connectivity index (χ3v) is 6.74. The van der Waals surface area contributed by atoms with Crippen LogP contribution in [0.1, 0.15) is 37.6 Å². The molecule has 33 heavy (non-hydrogen) atoms. The third-order valence-electron chi connectivity index (χ3n) is 6.74. The number of nitrogens with zero attached hydrogens (tertiary/aromatic N) is 5. The van der Waals surface area contributed by atoms with Crippen molar-refractivity contribution in [3.63, 3.8) is 0 Å². The van der Waals surface area contributed by atoms with Crippen molar-refractivity contribution in [2.45, 2.75) is 45.6 Å². The van der Waals surface area contributed by atoms with E-state index in [-0.39, 0.29) is 11.5 Å². The number of carbonyl (C=O) groups excluding carboxylic acids is 1. The summed E-state index contributed by atoms with van der Waals surface area (Å²) < 4.78 is 3.66. The lowest BCUT2D eigenvalue weighted by Crippen LogP contribution is -2.38. The van der Waals surface area contributed by atoms with E-state index in [1.807, 2.05) is 51.8 Å². The first-order chi connectivity index (χ1) is 16.1. The highest BCUT2D eigenvalue weighted by Gasteiger charge is 2.22. The molecular weight excluding hydrogens is 414 g/mol. The van der Waals surface area contributed by atoms with Gasteiger partial charge in [-0.05, 0) is 42.9 Å². The summed E-state index contributed by atoms with van der Waals surface area (Å²) in [5, 5.41) is 9.44. The van der Waals surface area contributed by atoms with Crippen LogP contribution in [0.2, 0.25) is 0 Å². The van der Waals surface area contributed by atoms with Crippen LogP contribution in [0.15, 0.2) is 59.4 Å². The number of para-hydroxylation sites is 1. The molecule has 0 aliphatic carbocycles. The number of benzene rings is 2. The minimum Gasteiger partial charge on any atom is -0.343 e. The number of carbonyl (C=O) groups is 1. The molecule has 3 heterocycles. The summed E-state index contributed by atoms with van der Waals surface area (Å²) in [6, 6.07) is 17.7. The van der Waals surface area contributed by atoms with Gasteiger partial charge in [-0.25, -0.2) is 0 Å². The Labute approximate surface area is 192 Å². The van der Waals surface area contributed by atoms with Crippen molar-refractivity contribution in [2.24, 2.45) is 5.92 Å². The van der Waals surface area contributed by atoms with Crippen LogP contribution in [0.25, 0.3) is 16.7 Å². The van der Waals surface area contributed by atoms with E-state index in [0.29, 0.717) is 42.3 Å². The quantitative estimate of drug-likeness (QED) is 0.457.